The Balaban J connectivity index is 1.58. The number of H-pyrrole nitrogens is 1. The molecule has 0 saturated heterocycles. The lowest BCUT2D eigenvalue weighted by molar-refractivity contribution is -0.121. The van der Waals surface area contributed by atoms with E-state index < -0.39 is 0 Å². The molecule has 26 heavy (non-hydrogen) atoms. The molecule has 5 nitrogen and oxygen atoms in total. The fourth-order valence-corrected chi connectivity index (χ4v) is 3.56. The molecule has 2 N–H and O–H groups in total. The number of carbonyl (C=O) groups is 1. The van der Waals surface area contributed by atoms with Crippen LogP contribution in [-0.4, -0.2) is 27.2 Å². The van der Waals surface area contributed by atoms with Crippen LogP contribution in [0.1, 0.15) is 43.0 Å². The summed E-state index contributed by atoms with van der Waals surface area (Å²) < 4.78 is 1.89. The predicted molar refractivity (Wildman–Crippen MR) is 105 cm³/mol. The van der Waals surface area contributed by atoms with Crippen LogP contribution >= 0.6 is 0 Å². The van der Waals surface area contributed by atoms with Gasteiger partial charge in [-0.2, -0.15) is 5.10 Å². The molecule has 1 amide bonds. The third-order valence-electron chi connectivity index (χ3n) is 5.19. The zero-order valence-corrected chi connectivity index (χ0v) is 16.0. The van der Waals surface area contributed by atoms with Gasteiger partial charge in [-0.05, 0) is 36.5 Å². The van der Waals surface area contributed by atoms with E-state index in [1.807, 2.05) is 30.2 Å². The monoisotopic (exact) mass is 352 g/mol. The summed E-state index contributed by atoms with van der Waals surface area (Å²) in [5.41, 5.74) is 4.76. The number of rotatable bonds is 7. The van der Waals surface area contributed by atoms with E-state index in [-0.39, 0.29) is 11.8 Å². The lowest BCUT2D eigenvalue weighted by Crippen LogP contribution is -2.31. The van der Waals surface area contributed by atoms with Crippen LogP contribution in [0.5, 0.6) is 0 Å². The van der Waals surface area contributed by atoms with Crippen LogP contribution in [0.25, 0.3) is 10.9 Å². The quantitative estimate of drug-likeness (QED) is 0.681. The first kappa shape index (κ1) is 18.2. The molecule has 0 bridgehead atoms. The lowest BCUT2D eigenvalue weighted by atomic mass is 9.92. The van der Waals surface area contributed by atoms with E-state index in [0.29, 0.717) is 18.9 Å². The third kappa shape index (κ3) is 3.82. The Morgan fingerprint density at radius 3 is 2.81 bits per heavy atom. The van der Waals surface area contributed by atoms with Crippen molar-refractivity contribution >= 4 is 16.8 Å². The van der Waals surface area contributed by atoms with Crippen molar-refractivity contribution < 1.29 is 4.79 Å². The summed E-state index contributed by atoms with van der Waals surface area (Å²) in [6.07, 6.45) is 5.08. The average Bonchev–Trinajstić information content (AvgIpc) is 3.20. The molecular weight excluding hydrogens is 324 g/mol. The van der Waals surface area contributed by atoms with Crippen LogP contribution in [0.2, 0.25) is 0 Å². The van der Waals surface area contributed by atoms with Crippen LogP contribution in [0.15, 0.2) is 36.7 Å². The Kier molecular flexibility index (Phi) is 5.45. The van der Waals surface area contributed by atoms with Gasteiger partial charge in [0.25, 0.3) is 0 Å². The van der Waals surface area contributed by atoms with Crippen LogP contribution in [0.3, 0.4) is 0 Å². The molecule has 2 heterocycles. The standard InChI is InChI=1S/C21H28N4O/c1-14(2)18(19-10-11-24-25(19)4)13-22-20(26)9-8-16-12-23-21-15(3)6-5-7-17(16)21/h5-7,10-12,14,18,23H,8-9,13H2,1-4H3,(H,22,26)/t18-/m0/s1. The Bertz CT molecular complexity index is 890. The highest BCUT2D eigenvalue weighted by atomic mass is 16.1. The van der Waals surface area contributed by atoms with Crippen molar-refractivity contribution in [3.05, 3.63) is 53.5 Å². The fraction of sp³-hybridized carbons (Fsp3) is 0.429. The van der Waals surface area contributed by atoms with Crippen LogP contribution in [0, 0.1) is 12.8 Å². The van der Waals surface area contributed by atoms with Crippen molar-refractivity contribution in [1.82, 2.24) is 20.1 Å². The number of hydrogen-bond donors (Lipinski definition) is 2. The minimum Gasteiger partial charge on any atom is -0.361 e. The second-order valence-corrected chi connectivity index (χ2v) is 7.35. The van der Waals surface area contributed by atoms with Crippen molar-refractivity contribution in [3.8, 4) is 0 Å². The molecule has 0 aliphatic rings. The maximum absolute atomic E-state index is 12.4. The summed E-state index contributed by atoms with van der Waals surface area (Å²) in [6.45, 7) is 7.10. The Hall–Kier alpha value is -2.56. The molecule has 0 aliphatic carbocycles. The van der Waals surface area contributed by atoms with Gasteiger partial charge >= 0.3 is 0 Å². The number of nitrogens with one attached hydrogen (secondary N) is 2. The van der Waals surface area contributed by atoms with Gasteiger partial charge in [0, 0.05) is 54.9 Å². The molecule has 3 rings (SSSR count). The molecule has 0 unspecified atom stereocenters. The van der Waals surface area contributed by atoms with E-state index in [9.17, 15) is 4.79 Å². The topological polar surface area (TPSA) is 62.7 Å². The third-order valence-corrected chi connectivity index (χ3v) is 5.19. The number of carbonyl (C=O) groups excluding carboxylic acids is 1. The number of nitrogens with zero attached hydrogens (tertiary/aromatic N) is 2. The minimum absolute atomic E-state index is 0.0971. The minimum atomic E-state index is 0.0971. The largest absolute Gasteiger partial charge is 0.361 e. The SMILES string of the molecule is Cc1cccc2c(CCC(=O)NC[C@H](c3ccnn3C)C(C)C)c[nH]c12. The molecular formula is C21H28N4O. The van der Waals surface area contributed by atoms with Crippen molar-refractivity contribution in [1.29, 1.82) is 0 Å². The fourth-order valence-electron chi connectivity index (χ4n) is 3.56. The molecule has 0 saturated carbocycles. The molecule has 138 valence electrons. The highest BCUT2D eigenvalue weighted by molar-refractivity contribution is 5.86. The number of hydrogen-bond acceptors (Lipinski definition) is 2. The normalized spacial score (nSPS) is 12.7. The van der Waals surface area contributed by atoms with E-state index >= 15 is 0 Å². The zero-order chi connectivity index (χ0) is 18.7. The molecule has 0 spiro atoms. The van der Waals surface area contributed by atoms with Gasteiger partial charge in [0.2, 0.25) is 5.91 Å². The summed E-state index contributed by atoms with van der Waals surface area (Å²) in [7, 11) is 1.95. The summed E-state index contributed by atoms with van der Waals surface area (Å²) >= 11 is 0. The number of fused-ring (bicyclic) bond motifs is 1. The van der Waals surface area contributed by atoms with Gasteiger partial charge in [0.05, 0.1) is 0 Å². The number of aryl methyl sites for hydroxylation is 3. The van der Waals surface area contributed by atoms with Crippen molar-refractivity contribution in [3.63, 3.8) is 0 Å². The molecule has 3 aromatic rings. The molecule has 0 radical (unpaired) electrons. The number of aromatic nitrogens is 3. The van der Waals surface area contributed by atoms with Gasteiger partial charge in [-0.3, -0.25) is 9.48 Å². The molecule has 2 aromatic heterocycles. The predicted octanol–water partition coefficient (Wildman–Crippen LogP) is 3.70. The van der Waals surface area contributed by atoms with Gasteiger partial charge in [-0.25, -0.2) is 0 Å². The lowest BCUT2D eigenvalue weighted by Gasteiger charge is -2.21. The van der Waals surface area contributed by atoms with Gasteiger partial charge in [-0.15, -0.1) is 0 Å². The molecule has 1 aromatic carbocycles. The molecule has 1 atom stereocenters. The van der Waals surface area contributed by atoms with E-state index in [0.717, 1.165) is 12.1 Å². The van der Waals surface area contributed by atoms with Gasteiger partial charge in [-0.1, -0.05) is 32.0 Å². The highest BCUT2D eigenvalue weighted by Crippen LogP contribution is 2.24. The number of para-hydroxylation sites is 1. The van der Waals surface area contributed by atoms with Crippen molar-refractivity contribution in [2.75, 3.05) is 6.54 Å². The molecule has 0 fully saturated rings. The maximum Gasteiger partial charge on any atom is 0.220 e. The maximum atomic E-state index is 12.4. The van der Waals surface area contributed by atoms with Crippen molar-refractivity contribution in [2.45, 2.75) is 39.5 Å². The summed E-state index contributed by atoms with van der Waals surface area (Å²) in [6, 6.07) is 8.31. The first-order valence-electron chi connectivity index (χ1n) is 9.27. The zero-order valence-electron chi connectivity index (χ0n) is 16.0. The van der Waals surface area contributed by atoms with E-state index in [2.05, 4.69) is 54.4 Å². The van der Waals surface area contributed by atoms with Gasteiger partial charge < -0.3 is 10.3 Å². The van der Waals surface area contributed by atoms with Gasteiger partial charge in [0.1, 0.15) is 0 Å². The molecule has 5 heteroatoms. The second kappa shape index (κ2) is 7.77. The Morgan fingerprint density at radius 1 is 1.31 bits per heavy atom. The summed E-state index contributed by atoms with van der Waals surface area (Å²) in [4.78, 5) is 15.7. The average molecular weight is 352 g/mol. The van der Waals surface area contributed by atoms with E-state index in [1.165, 1.54) is 22.0 Å². The van der Waals surface area contributed by atoms with Gasteiger partial charge in [0.15, 0.2) is 0 Å². The number of aromatic amines is 1. The highest BCUT2D eigenvalue weighted by Gasteiger charge is 2.19. The number of amides is 1. The Morgan fingerprint density at radius 2 is 2.12 bits per heavy atom. The van der Waals surface area contributed by atoms with Crippen LogP contribution in [0.4, 0.5) is 0 Å². The molecule has 0 aliphatic heterocycles. The van der Waals surface area contributed by atoms with Crippen LogP contribution in [-0.2, 0) is 18.3 Å². The van der Waals surface area contributed by atoms with E-state index in [4.69, 9.17) is 0 Å². The summed E-state index contributed by atoms with van der Waals surface area (Å²) in [5, 5.41) is 8.58. The Labute approximate surface area is 154 Å². The first-order chi connectivity index (χ1) is 12.5. The van der Waals surface area contributed by atoms with Crippen molar-refractivity contribution in [2.24, 2.45) is 13.0 Å². The smallest absolute Gasteiger partial charge is 0.220 e. The van der Waals surface area contributed by atoms with E-state index in [1.54, 1.807) is 0 Å². The first-order valence-corrected chi connectivity index (χ1v) is 9.27. The van der Waals surface area contributed by atoms with Crippen LogP contribution < -0.4 is 5.32 Å². The number of benzene rings is 1. The summed E-state index contributed by atoms with van der Waals surface area (Å²) in [5.74, 6) is 0.796. The second-order valence-electron chi connectivity index (χ2n) is 7.35.